The number of nitrogens with one attached hydrogen (secondary N) is 1. The van der Waals surface area contributed by atoms with E-state index in [2.05, 4.69) is 20.3 Å². The number of aromatic hydroxyl groups is 1. The first-order valence-electron chi connectivity index (χ1n) is 12.1. The van der Waals surface area contributed by atoms with E-state index in [1.54, 1.807) is 0 Å². The second-order valence-electron chi connectivity index (χ2n) is 8.99. The number of anilines is 1. The number of carbonyl (C=O) groups is 1. The number of benzene rings is 3. The normalized spacial score (nSPS) is 14.7. The van der Waals surface area contributed by atoms with E-state index in [4.69, 9.17) is 4.42 Å². The number of nitrogens with zero attached hydrogens (tertiary/aromatic N) is 3. The third-order valence-electron chi connectivity index (χ3n) is 6.57. The Balaban J connectivity index is 1.21. The van der Waals surface area contributed by atoms with Crippen molar-refractivity contribution in [3.05, 3.63) is 66.4 Å². The molecule has 180 valence electrons. The summed E-state index contributed by atoms with van der Waals surface area (Å²) < 4.78 is 6.48. The molecular weight excluding hydrogens is 472 g/mol. The molecule has 1 aliphatic rings. The van der Waals surface area contributed by atoms with Gasteiger partial charge in [0, 0.05) is 11.5 Å². The predicted molar refractivity (Wildman–Crippen MR) is 143 cm³/mol. The first-order chi connectivity index (χ1) is 17.6. The maximum Gasteiger partial charge on any atom is 0.312 e. The molecule has 0 bridgehead atoms. The molecule has 1 fully saturated rings. The summed E-state index contributed by atoms with van der Waals surface area (Å²) in [6, 6.07) is 19.4. The van der Waals surface area contributed by atoms with E-state index in [0.717, 1.165) is 52.2 Å². The summed E-state index contributed by atoms with van der Waals surface area (Å²) >= 11 is 1.43. The summed E-state index contributed by atoms with van der Waals surface area (Å²) in [7, 11) is 0. The van der Waals surface area contributed by atoms with Crippen molar-refractivity contribution in [2.75, 3.05) is 5.32 Å². The van der Waals surface area contributed by atoms with E-state index in [-0.39, 0.29) is 23.5 Å². The van der Waals surface area contributed by atoms with Gasteiger partial charge in [-0.15, -0.1) is 0 Å². The highest BCUT2D eigenvalue weighted by Crippen LogP contribution is 2.33. The molecule has 1 saturated carbocycles. The fourth-order valence-electron chi connectivity index (χ4n) is 4.69. The van der Waals surface area contributed by atoms with Gasteiger partial charge in [0.2, 0.25) is 11.8 Å². The number of amides is 1. The lowest BCUT2D eigenvalue weighted by Crippen LogP contribution is -2.24. The van der Waals surface area contributed by atoms with Gasteiger partial charge in [-0.3, -0.25) is 9.79 Å². The van der Waals surface area contributed by atoms with Crippen molar-refractivity contribution in [1.82, 2.24) is 9.97 Å². The van der Waals surface area contributed by atoms with E-state index in [9.17, 15) is 9.90 Å². The van der Waals surface area contributed by atoms with Crippen LogP contribution in [0.1, 0.15) is 37.8 Å². The minimum absolute atomic E-state index is 0.0653. The Morgan fingerprint density at radius 3 is 2.78 bits per heavy atom. The van der Waals surface area contributed by atoms with E-state index in [1.165, 1.54) is 24.0 Å². The van der Waals surface area contributed by atoms with Crippen LogP contribution in [0, 0.1) is 5.92 Å². The van der Waals surface area contributed by atoms with Crippen molar-refractivity contribution in [3.8, 4) is 17.4 Å². The number of fused-ring (bicyclic) bond motifs is 2. The molecule has 8 heteroatoms. The number of aliphatic imine (C=N–C) groups is 1. The van der Waals surface area contributed by atoms with E-state index in [1.807, 2.05) is 60.7 Å². The zero-order valence-electron chi connectivity index (χ0n) is 19.5. The summed E-state index contributed by atoms with van der Waals surface area (Å²) in [4.78, 5) is 26.1. The Bertz CT molecular complexity index is 1590. The number of thiazole rings is 1. The lowest BCUT2D eigenvalue weighted by Gasteiger charge is -2.19. The standard InChI is InChI=1S/C28H24N4O3S/c33-25(18-8-2-1-3-9-18)32-28-31-22-14-13-19(15-24(22)36-28)29-16-23-27(34)35-26(30-23)21-12-6-10-17-7-4-5-11-20(17)21/h4-7,10-16,18,34H,1-3,8-9H2,(H,31,32,33). The number of oxazole rings is 1. The zero-order valence-corrected chi connectivity index (χ0v) is 20.3. The van der Waals surface area contributed by atoms with Gasteiger partial charge in [-0.25, -0.2) is 9.97 Å². The van der Waals surface area contributed by atoms with Crippen LogP contribution in [0.5, 0.6) is 5.95 Å². The molecule has 1 amide bonds. The van der Waals surface area contributed by atoms with Crippen molar-refractivity contribution in [2.24, 2.45) is 10.9 Å². The maximum atomic E-state index is 12.6. The fourth-order valence-corrected chi connectivity index (χ4v) is 5.59. The van der Waals surface area contributed by atoms with Gasteiger partial charge >= 0.3 is 5.95 Å². The summed E-state index contributed by atoms with van der Waals surface area (Å²) in [5, 5.41) is 16.0. The minimum Gasteiger partial charge on any atom is -0.479 e. The average Bonchev–Trinajstić information content (AvgIpc) is 3.49. The van der Waals surface area contributed by atoms with E-state index in [0.29, 0.717) is 16.7 Å². The van der Waals surface area contributed by atoms with Gasteiger partial charge in [0.1, 0.15) is 0 Å². The highest BCUT2D eigenvalue weighted by atomic mass is 32.1. The fraction of sp³-hybridized carbons (Fsp3) is 0.214. The first kappa shape index (κ1) is 22.4. The molecule has 0 spiro atoms. The van der Waals surface area contributed by atoms with Gasteiger partial charge in [0.25, 0.3) is 0 Å². The van der Waals surface area contributed by atoms with Crippen LogP contribution in [0.25, 0.3) is 32.4 Å². The number of hydrogen-bond acceptors (Lipinski definition) is 7. The molecule has 5 aromatic rings. The summed E-state index contributed by atoms with van der Waals surface area (Å²) in [5.74, 6) is 0.200. The smallest absolute Gasteiger partial charge is 0.312 e. The zero-order chi connectivity index (χ0) is 24.5. The molecule has 0 atom stereocenters. The monoisotopic (exact) mass is 496 g/mol. The predicted octanol–water partition coefficient (Wildman–Crippen LogP) is 7.08. The molecule has 2 heterocycles. The molecule has 2 aromatic heterocycles. The van der Waals surface area contributed by atoms with Crippen LogP contribution in [-0.2, 0) is 4.79 Å². The Hall–Kier alpha value is -4.04. The second kappa shape index (κ2) is 9.54. The third kappa shape index (κ3) is 4.47. The van der Waals surface area contributed by atoms with Crippen LogP contribution in [0.2, 0.25) is 0 Å². The lowest BCUT2D eigenvalue weighted by atomic mass is 9.89. The minimum atomic E-state index is -0.284. The van der Waals surface area contributed by atoms with Crippen LogP contribution in [0.3, 0.4) is 0 Å². The number of hydrogen-bond donors (Lipinski definition) is 2. The van der Waals surface area contributed by atoms with Crippen LogP contribution >= 0.6 is 11.3 Å². The molecular formula is C28H24N4O3S. The van der Waals surface area contributed by atoms with Crippen molar-refractivity contribution in [1.29, 1.82) is 0 Å². The van der Waals surface area contributed by atoms with Gasteiger partial charge in [-0.1, -0.05) is 67.0 Å². The van der Waals surface area contributed by atoms with Crippen LogP contribution in [-0.4, -0.2) is 27.2 Å². The second-order valence-corrected chi connectivity index (χ2v) is 10.0. The Labute approximate surface area is 211 Å². The lowest BCUT2D eigenvalue weighted by molar-refractivity contribution is -0.120. The van der Waals surface area contributed by atoms with Gasteiger partial charge in [0.05, 0.1) is 22.1 Å². The van der Waals surface area contributed by atoms with Gasteiger partial charge in [-0.2, -0.15) is 0 Å². The molecule has 3 aromatic carbocycles. The highest BCUT2D eigenvalue weighted by molar-refractivity contribution is 7.22. The summed E-state index contributed by atoms with van der Waals surface area (Å²) in [6.07, 6.45) is 6.83. The molecule has 1 aliphatic carbocycles. The van der Waals surface area contributed by atoms with E-state index < -0.39 is 0 Å². The van der Waals surface area contributed by atoms with Crippen molar-refractivity contribution < 1.29 is 14.3 Å². The molecule has 0 aliphatic heterocycles. The molecule has 2 N–H and O–H groups in total. The quantitative estimate of drug-likeness (QED) is 0.253. The van der Waals surface area contributed by atoms with Crippen molar-refractivity contribution in [3.63, 3.8) is 0 Å². The average molecular weight is 497 g/mol. The van der Waals surface area contributed by atoms with Crippen molar-refractivity contribution in [2.45, 2.75) is 32.1 Å². The Morgan fingerprint density at radius 2 is 1.89 bits per heavy atom. The molecule has 7 nitrogen and oxygen atoms in total. The topological polar surface area (TPSA) is 101 Å². The van der Waals surface area contributed by atoms with Crippen LogP contribution < -0.4 is 5.32 Å². The highest BCUT2D eigenvalue weighted by Gasteiger charge is 2.22. The Morgan fingerprint density at radius 1 is 1.06 bits per heavy atom. The molecule has 0 unspecified atom stereocenters. The molecule has 36 heavy (non-hydrogen) atoms. The molecule has 6 rings (SSSR count). The Kier molecular flexibility index (Phi) is 5.95. The van der Waals surface area contributed by atoms with Gasteiger partial charge < -0.3 is 14.8 Å². The summed E-state index contributed by atoms with van der Waals surface area (Å²) in [5.41, 5.74) is 2.55. The number of carbonyl (C=O) groups excluding carboxylic acids is 1. The maximum absolute atomic E-state index is 12.6. The van der Waals surface area contributed by atoms with Gasteiger partial charge in [-0.05, 0) is 47.9 Å². The van der Waals surface area contributed by atoms with E-state index >= 15 is 0 Å². The largest absolute Gasteiger partial charge is 0.479 e. The first-order valence-corrected chi connectivity index (χ1v) is 12.9. The SMILES string of the molecule is O=C(Nc1nc2ccc(N=Cc3nc(-c4cccc5ccccc45)oc3O)cc2s1)C1CCCCC1. The third-order valence-corrected chi connectivity index (χ3v) is 7.50. The van der Waals surface area contributed by atoms with Crippen molar-refractivity contribution >= 4 is 55.3 Å². The number of rotatable bonds is 5. The molecule has 0 saturated heterocycles. The molecule has 0 radical (unpaired) electrons. The summed E-state index contributed by atoms with van der Waals surface area (Å²) in [6.45, 7) is 0. The van der Waals surface area contributed by atoms with Crippen LogP contribution in [0.4, 0.5) is 10.8 Å². The van der Waals surface area contributed by atoms with Gasteiger partial charge in [0.15, 0.2) is 10.8 Å². The van der Waals surface area contributed by atoms with Crippen LogP contribution in [0.15, 0.2) is 70.1 Å². The number of aromatic nitrogens is 2.